The zero-order valence-electron chi connectivity index (χ0n) is 10.5. The molecule has 112 valence electrons. The first-order valence-electron chi connectivity index (χ1n) is 5.55. The predicted octanol–water partition coefficient (Wildman–Crippen LogP) is 1.19. The number of hydrogen-bond acceptors (Lipinski definition) is 3. The SMILES string of the molecule is CCc1ccc(S(N)(=O)=O)cc1C(=O)NCC(F)(F)F. The van der Waals surface area contributed by atoms with Gasteiger partial charge in [0.2, 0.25) is 10.0 Å². The monoisotopic (exact) mass is 310 g/mol. The first-order chi connectivity index (χ1) is 9.04. The molecular weight excluding hydrogens is 297 g/mol. The molecule has 0 aliphatic rings. The van der Waals surface area contributed by atoms with Crippen molar-refractivity contribution in [1.82, 2.24) is 5.32 Å². The highest BCUT2D eigenvalue weighted by Gasteiger charge is 2.28. The van der Waals surface area contributed by atoms with Crippen molar-refractivity contribution in [2.45, 2.75) is 24.4 Å². The lowest BCUT2D eigenvalue weighted by molar-refractivity contribution is -0.123. The lowest BCUT2D eigenvalue weighted by Crippen LogP contribution is -2.34. The van der Waals surface area contributed by atoms with Crippen molar-refractivity contribution in [1.29, 1.82) is 0 Å². The number of alkyl halides is 3. The van der Waals surface area contributed by atoms with Crippen molar-refractivity contribution in [2.75, 3.05) is 6.54 Å². The Balaban J connectivity index is 3.11. The van der Waals surface area contributed by atoms with E-state index in [1.54, 1.807) is 12.2 Å². The normalized spacial score (nSPS) is 12.2. The van der Waals surface area contributed by atoms with Gasteiger partial charge in [-0.2, -0.15) is 13.2 Å². The van der Waals surface area contributed by atoms with Gasteiger partial charge in [-0.05, 0) is 24.1 Å². The smallest absolute Gasteiger partial charge is 0.343 e. The molecule has 9 heteroatoms. The maximum absolute atomic E-state index is 12.1. The molecule has 20 heavy (non-hydrogen) atoms. The number of amides is 1. The Kier molecular flexibility index (Phi) is 4.77. The van der Waals surface area contributed by atoms with E-state index in [4.69, 9.17) is 5.14 Å². The average molecular weight is 310 g/mol. The van der Waals surface area contributed by atoms with Gasteiger partial charge in [-0.3, -0.25) is 4.79 Å². The number of rotatable bonds is 4. The summed E-state index contributed by atoms with van der Waals surface area (Å²) in [4.78, 5) is 11.4. The van der Waals surface area contributed by atoms with E-state index in [-0.39, 0.29) is 10.5 Å². The summed E-state index contributed by atoms with van der Waals surface area (Å²) in [5.74, 6) is -0.996. The van der Waals surface area contributed by atoms with Gasteiger partial charge in [-0.1, -0.05) is 13.0 Å². The van der Waals surface area contributed by atoms with Gasteiger partial charge in [0.05, 0.1) is 4.90 Å². The van der Waals surface area contributed by atoms with Crippen LogP contribution in [0.25, 0.3) is 0 Å². The van der Waals surface area contributed by atoms with Gasteiger partial charge in [-0.25, -0.2) is 13.6 Å². The van der Waals surface area contributed by atoms with E-state index in [1.807, 2.05) is 0 Å². The molecule has 0 aromatic heterocycles. The fourth-order valence-electron chi connectivity index (χ4n) is 1.53. The van der Waals surface area contributed by atoms with Gasteiger partial charge in [0, 0.05) is 5.56 Å². The maximum atomic E-state index is 12.1. The molecule has 0 unspecified atom stereocenters. The molecule has 0 aliphatic carbocycles. The average Bonchev–Trinajstić information content (AvgIpc) is 2.33. The Morgan fingerprint density at radius 3 is 2.40 bits per heavy atom. The number of sulfonamides is 1. The summed E-state index contributed by atoms with van der Waals surface area (Å²) in [6.07, 6.45) is -4.18. The molecule has 0 heterocycles. The van der Waals surface area contributed by atoms with Gasteiger partial charge in [0.15, 0.2) is 0 Å². The topological polar surface area (TPSA) is 89.3 Å². The Bertz CT molecular complexity index is 612. The van der Waals surface area contributed by atoms with E-state index in [9.17, 15) is 26.4 Å². The minimum atomic E-state index is -4.54. The van der Waals surface area contributed by atoms with Crippen LogP contribution in [0, 0.1) is 0 Å². The van der Waals surface area contributed by atoms with Crippen molar-refractivity contribution in [3.05, 3.63) is 29.3 Å². The molecular formula is C11H13F3N2O3S. The second kappa shape index (κ2) is 5.80. The number of benzene rings is 1. The van der Waals surface area contributed by atoms with Gasteiger partial charge in [-0.15, -0.1) is 0 Å². The van der Waals surface area contributed by atoms with Crippen LogP contribution in [0.4, 0.5) is 13.2 Å². The van der Waals surface area contributed by atoms with Crippen LogP contribution >= 0.6 is 0 Å². The first-order valence-corrected chi connectivity index (χ1v) is 7.10. The van der Waals surface area contributed by atoms with Crippen molar-refractivity contribution in [3.8, 4) is 0 Å². The van der Waals surface area contributed by atoms with E-state index in [0.29, 0.717) is 12.0 Å². The maximum Gasteiger partial charge on any atom is 0.405 e. The van der Waals surface area contributed by atoms with Crippen LogP contribution in [0.5, 0.6) is 0 Å². The lowest BCUT2D eigenvalue weighted by atomic mass is 10.0. The van der Waals surface area contributed by atoms with Gasteiger partial charge < -0.3 is 5.32 Å². The third-order valence-corrected chi connectivity index (χ3v) is 3.40. The summed E-state index contributed by atoms with van der Waals surface area (Å²) < 4.78 is 58.5. The second-order valence-electron chi connectivity index (χ2n) is 4.02. The standard InChI is InChI=1S/C11H13F3N2O3S/c1-2-7-3-4-8(20(15,18)19)5-9(7)10(17)16-6-11(12,13)14/h3-5H,2,6H2,1H3,(H,16,17)(H2,15,18,19). The predicted molar refractivity (Wildman–Crippen MR) is 65.6 cm³/mol. The molecule has 0 bridgehead atoms. The summed E-state index contributed by atoms with van der Waals surface area (Å²) in [6, 6.07) is 3.52. The van der Waals surface area contributed by atoms with Crippen LogP contribution < -0.4 is 10.5 Å². The van der Waals surface area contributed by atoms with E-state index in [1.165, 1.54) is 12.1 Å². The minimum Gasteiger partial charge on any atom is -0.343 e. The fraction of sp³-hybridized carbons (Fsp3) is 0.364. The molecule has 1 aromatic rings. The number of carbonyl (C=O) groups is 1. The number of aryl methyl sites for hydroxylation is 1. The fourth-order valence-corrected chi connectivity index (χ4v) is 2.07. The summed E-state index contributed by atoms with van der Waals surface area (Å²) in [5.41, 5.74) is 0.292. The highest BCUT2D eigenvalue weighted by molar-refractivity contribution is 7.89. The van der Waals surface area contributed by atoms with Crippen molar-refractivity contribution in [2.24, 2.45) is 5.14 Å². The highest BCUT2D eigenvalue weighted by Crippen LogP contribution is 2.17. The van der Waals surface area contributed by atoms with Gasteiger partial charge in [0.25, 0.3) is 5.91 Å². The summed E-state index contributed by atoms with van der Waals surface area (Å²) in [6.45, 7) is 0.196. The van der Waals surface area contributed by atoms with Crippen LogP contribution in [0.3, 0.4) is 0 Å². The largest absolute Gasteiger partial charge is 0.405 e. The third kappa shape index (κ3) is 4.49. The summed E-state index contributed by atoms with van der Waals surface area (Å²) in [7, 11) is -4.03. The zero-order valence-corrected chi connectivity index (χ0v) is 11.3. The first kappa shape index (κ1) is 16.4. The molecule has 0 saturated carbocycles. The van der Waals surface area contributed by atoms with Crippen LogP contribution in [-0.4, -0.2) is 27.0 Å². The van der Waals surface area contributed by atoms with E-state index in [0.717, 1.165) is 6.07 Å². The minimum absolute atomic E-state index is 0.136. The highest BCUT2D eigenvalue weighted by atomic mass is 32.2. The molecule has 0 radical (unpaired) electrons. The van der Waals surface area contributed by atoms with Gasteiger partial charge >= 0.3 is 6.18 Å². The molecule has 0 atom stereocenters. The molecule has 1 rings (SSSR count). The Labute approximate surface area is 114 Å². The van der Waals surface area contributed by atoms with E-state index >= 15 is 0 Å². The van der Waals surface area contributed by atoms with Crippen LogP contribution in [-0.2, 0) is 16.4 Å². The number of hydrogen-bond donors (Lipinski definition) is 2. The zero-order chi connectivity index (χ0) is 15.6. The molecule has 5 nitrogen and oxygen atoms in total. The third-order valence-electron chi connectivity index (χ3n) is 2.48. The molecule has 1 aromatic carbocycles. The number of nitrogens with one attached hydrogen (secondary N) is 1. The molecule has 1 amide bonds. The number of primary sulfonamides is 1. The Morgan fingerprint density at radius 1 is 1.35 bits per heavy atom. The van der Waals surface area contributed by atoms with Crippen LogP contribution in [0.1, 0.15) is 22.8 Å². The Hall–Kier alpha value is -1.61. The molecule has 0 aliphatic heterocycles. The van der Waals surface area contributed by atoms with Crippen LogP contribution in [0.15, 0.2) is 23.1 Å². The summed E-state index contributed by atoms with van der Waals surface area (Å²) >= 11 is 0. The van der Waals surface area contributed by atoms with Crippen molar-refractivity contribution >= 4 is 15.9 Å². The van der Waals surface area contributed by atoms with E-state index in [2.05, 4.69) is 0 Å². The van der Waals surface area contributed by atoms with Crippen molar-refractivity contribution < 1.29 is 26.4 Å². The van der Waals surface area contributed by atoms with Crippen molar-refractivity contribution in [3.63, 3.8) is 0 Å². The van der Waals surface area contributed by atoms with Gasteiger partial charge in [0.1, 0.15) is 6.54 Å². The number of carbonyl (C=O) groups excluding carboxylic acids is 1. The molecule has 3 N–H and O–H groups in total. The number of nitrogens with two attached hydrogens (primary N) is 1. The summed E-state index contributed by atoms with van der Waals surface area (Å²) in [5, 5.41) is 6.61. The second-order valence-corrected chi connectivity index (χ2v) is 5.58. The van der Waals surface area contributed by atoms with E-state index < -0.39 is 28.7 Å². The molecule has 0 spiro atoms. The molecule has 0 fully saturated rings. The van der Waals surface area contributed by atoms with Crippen LogP contribution in [0.2, 0.25) is 0 Å². The molecule has 0 saturated heterocycles. The number of halogens is 3. The Morgan fingerprint density at radius 2 is 1.95 bits per heavy atom. The lowest BCUT2D eigenvalue weighted by Gasteiger charge is -2.12. The quantitative estimate of drug-likeness (QED) is 0.875.